The van der Waals surface area contributed by atoms with Gasteiger partial charge < -0.3 is 14.3 Å². The third-order valence-corrected chi connectivity index (χ3v) is 7.06. The lowest BCUT2D eigenvalue weighted by Crippen LogP contribution is -2.41. The van der Waals surface area contributed by atoms with Gasteiger partial charge in [0.05, 0.1) is 22.2 Å². The molecule has 3 aromatic heterocycles. The van der Waals surface area contributed by atoms with Crippen molar-refractivity contribution in [2.45, 2.75) is 31.5 Å². The molecule has 1 N–H and O–H groups in total. The van der Waals surface area contributed by atoms with E-state index in [1.165, 1.54) is 28.6 Å². The number of oxazole rings is 1. The van der Waals surface area contributed by atoms with Crippen LogP contribution in [0.5, 0.6) is 0 Å². The van der Waals surface area contributed by atoms with E-state index in [1.807, 2.05) is 24.3 Å². The number of benzene rings is 1. The fourth-order valence-electron chi connectivity index (χ4n) is 4.14. The molecular formula is C23H18F3N5O2S. The Morgan fingerprint density at radius 3 is 2.82 bits per heavy atom. The van der Waals surface area contributed by atoms with Gasteiger partial charge in [-0.3, -0.25) is 4.79 Å². The maximum absolute atomic E-state index is 13.8. The van der Waals surface area contributed by atoms with Crippen molar-refractivity contribution in [2.75, 3.05) is 6.54 Å². The standard InChI is InChI=1S/C23H18F3N5O2S/c24-23(25,26)20-19(33-16(30-20)8-7-12-5-6-12)22(32)31-10-9-14-17(28-11-27-14)18(31)21-29-13-3-1-2-4-15(13)34-21/h1-4,7-8,11-12,18H,5-6,9-10H2,(H,27,28)/b8-7+/t18-/m0/s1. The minimum atomic E-state index is -4.83. The van der Waals surface area contributed by atoms with Gasteiger partial charge in [0, 0.05) is 18.7 Å². The number of amides is 1. The van der Waals surface area contributed by atoms with Crippen LogP contribution in [-0.2, 0) is 12.6 Å². The van der Waals surface area contributed by atoms with Gasteiger partial charge in [-0.2, -0.15) is 13.2 Å². The highest BCUT2D eigenvalue weighted by molar-refractivity contribution is 7.18. The zero-order valence-electron chi connectivity index (χ0n) is 17.7. The third kappa shape index (κ3) is 3.69. The van der Waals surface area contributed by atoms with Crippen LogP contribution in [0.2, 0.25) is 0 Å². The first-order valence-electron chi connectivity index (χ1n) is 10.8. The Kier molecular flexibility index (Phi) is 4.83. The Morgan fingerprint density at radius 2 is 2.06 bits per heavy atom. The van der Waals surface area contributed by atoms with Crippen LogP contribution in [0.3, 0.4) is 0 Å². The molecule has 0 saturated heterocycles. The highest BCUT2D eigenvalue weighted by Crippen LogP contribution is 2.40. The summed E-state index contributed by atoms with van der Waals surface area (Å²) in [6.45, 7) is 0.180. The van der Waals surface area contributed by atoms with Crippen LogP contribution >= 0.6 is 11.3 Å². The van der Waals surface area contributed by atoms with E-state index < -0.39 is 29.6 Å². The molecule has 1 fully saturated rings. The number of aromatic amines is 1. The average Bonchev–Trinajstić information content (AvgIpc) is 3.21. The molecule has 1 aliphatic carbocycles. The molecule has 0 unspecified atom stereocenters. The number of hydrogen-bond acceptors (Lipinski definition) is 6. The number of imidazole rings is 1. The van der Waals surface area contributed by atoms with Gasteiger partial charge in [0.2, 0.25) is 11.7 Å². The Balaban J connectivity index is 1.43. The van der Waals surface area contributed by atoms with E-state index >= 15 is 0 Å². The molecule has 0 radical (unpaired) electrons. The summed E-state index contributed by atoms with van der Waals surface area (Å²) in [5.74, 6) is -1.60. The van der Waals surface area contributed by atoms with E-state index in [1.54, 1.807) is 6.08 Å². The number of carbonyl (C=O) groups is 1. The van der Waals surface area contributed by atoms with Crippen molar-refractivity contribution >= 4 is 33.5 Å². The van der Waals surface area contributed by atoms with E-state index in [4.69, 9.17) is 4.42 Å². The number of carbonyl (C=O) groups excluding carboxylic acids is 1. The van der Waals surface area contributed by atoms with E-state index in [-0.39, 0.29) is 12.4 Å². The van der Waals surface area contributed by atoms with Crippen molar-refractivity contribution in [3.63, 3.8) is 0 Å². The van der Waals surface area contributed by atoms with Crippen molar-refractivity contribution < 1.29 is 22.4 Å². The normalized spacial score (nSPS) is 18.7. The molecule has 1 aliphatic heterocycles. The van der Waals surface area contributed by atoms with Crippen LogP contribution in [0.25, 0.3) is 16.3 Å². The smallest absolute Gasteiger partial charge is 0.431 e. The van der Waals surface area contributed by atoms with Gasteiger partial charge in [-0.05, 0) is 37.0 Å². The maximum atomic E-state index is 13.8. The molecule has 1 aromatic carbocycles. The molecule has 1 atom stereocenters. The number of rotatable bonds is 4. The number of para-hydroxylation sites is 1. The average molecular weight is 485 g/mol. The summed E-state index contributed by atoms with van der Waals surface area (Å²) in [7, 11) is 0. The largest absolute Gasteiger partial charge is 0.437 e. The summed E-state index contributed by atoms with van der Waals surface area (Å²) < 4.78 is 47.7. The SMILES string of the molecule is O=C(c1oc(/C=C/C2CC2)nc1C(F)(F)F)N1CCc2[nH]cnc2[C@H]1c1nc2ccccc2s1. The second-order valence-electron chi connectivity index (χ2n) is 8.36. The molecule has 0 bridgehead atoms. The fourth-order valence-corrected chi connectivity index (χ4v) is 5.22. The van der Waals surface area contributed by atoms with Crippen molar-refractivity contribution in [3.8, 4) is 0 Å². The number of aromatic nitrogens is 4. The number of H-pyrrole nitrogens is 1. The lowest BCUT2D eigenvalue weighted by Gasteiger charge is -2.33. The van der Waals surface area contributed by atoms with Gasteiger partial charge in [0.25, 0.3) is 5.91 Å². The van der Waals surface area contributed by atoms with E-state index in [0.717, 1.165) is 28.8 Å². The topological polar surface area (TPSA) is 87.9 Å². The maximum Gasteiger partial charge on any atom is 0.437 e. The van der Waals surface area contributed by atoms with Gasteiger partial charge >= 0.3 is 6.18 Å². The number of nitrogens with one attached hydrogen (secondary N) is 1. The van der Waals surface area contributed by atoms with E-state index in [0.29, 0.717) is 23.0 Å². The molecule has 2 aliphatic rings. The quantitative estimate of drug-likeness (QED) is 0.427. The van der Waals surface area contributed by atoms with Gasteiger partial charge in [-0.15, -0.1) is 11.3 Å². The van der Waals surface area contributed by atoms with E-state index in [9.17, 15) is 18.0 Å². The Bertz CT molecular complexity index is 1380. The van der Waals surface area contributed by atoms with E-state index in [2.05, 4.69) is 19.9 Å². The molecule has 7 nitrogen and oxygen atoms in total. The predicted molar refractivity (Wildman–Crippen MR) is 118 cm³/mol. The van der Waals surface area contributed by atoms with Crippen molar-refractivity contribution in [1.82, 2.24) is 24.8 Å². The number of hydrogen-bond donors (Lipinski definition) is 1. The first-order chi connectivity index (χ1) is 16.4. The number of fused-ring (bicyclic) bond motifs is 2. The number of alkyl halides is 3. The monoisotopic (exact) mass is 485 g/mol. The van der Waals surface area contributed by atoms with Gasteiger partial charge in [-0.1, -0.05) is 18.2 Å². The number of thiazole rings is 1. The Morgan fingerprint density at radius 1 is 1.24 bits per heavy atom. The minimum Gasteiger partial charge on any atom is -0.431 e. The molecule has 4 heterocycles. The van der Waals surface area contributed by atoms with Crippen LogP contribution in [0, 0.1) is 5.92 Å². The van der Waals surface area contributed by atoms with Crippen molar-refractivity contribution in [2.24, 2.45) is 5.92 Å². The molecule has 4 aromatic rings. The summed E-state index contributed by atoms with van der Waals surface area (Å²) in [5.41, 5.74) is 0.833. The van der Waals surface area contributed by atoms with Gasteiger partial charge in [0.1, 0.15) is 11.0 Å². The third-order valence-electron chi connectivity index (χ3n) is 5.97. The van der Waals surface area contributed by atoms with Gasteiger partial charge in [-0.25, -0.2) is 15.0 Å². The predicted octanol–water partition coefficient (Wildman–Crippen LogP) is 5.24. The van der Waals surface area contributed by atoms with Crippen LogP contribution in [0.4, 0.5) is 13.2 Å². The zero-order valence-corrected chi connectivity index (χ0v) is 18.5. The highest BCUT2D eigenvalue weighted by atomic mass is 32.1. The van der Waals surface area contributed by atoms with Crippen LogP contribution in [0.1, 0.15) is 57.4 Å². The second-order valence-corrected chi connectivity index (χ2v) is 9.42. The number of allylic oxidation sites excluding steroid dienone is 1. The van der Waals surface area contributed by atoms with Crippen molar-refractivity contribution in [1.29, 1.82) is 0 Å². The van der Waals surface area contributed by atoms with Gasteiger partial charge in [0.15, 0.2) is 5.69 Å². The summed E-state index contributed by atoms with van der Waals surface area (Å²) in [6, 6.07) is 6.77. The second kappa shape index (κ2) is 7.79. The number of nitrogens with zero attached hydrogens (tertiary/aromatic N) is 4. The summed E-state index contributed by atoms with van der Waals surface area (Å²) in [4.78, 5) is 30.6. The highest BCUT2D eigenvalue weighted by Gasteiger charge is 2.45. The lowest BCUT2D eigenvalue weighted by molar-refractivity contribution is -0.141. The molecule has 174 valence electrons. The van der Waals surface area contributed by atoms with Crippen LogP contribution in [-0.4, -0.2) is 37.3 Å². The summed E-state index contributed by atoms with van der Waals surface area (Å²) >= 11 is 1.38. The van der Waals surface area contributed by atoms with Crippen LogP contribution in [0.15, 0.2) is 41.1 Å². The lowest BCUT2D eigenvalue weighted by atomic mass is 10.0. The summed E-state index contributed by atoms with van der Waals surface area (Å²) in [6.07, 6.45) is 2.26. The first kappa shape index (κ1) is 21.1. The molecule has 1 amide bonds. The molecule has 0 spiro atoms. The summed E-state index contributed by atoms with van der Waals surface area (Å²) in [5, 5.41) is 0.574. The fraction of sp³-hybridized carbons (Fsp3) is 0.304. The molecule has 11 heteroatoms. The van der Waals surface area contributed by atoms with Crippen LogP contribution < -0.4 is 0 Å². The van der Waals surface area contributed by atoms with Crippen molar-refractivity contribution in [3.05, 3.63) is 70.4 Å². The first-order valence-corrected chi connectivity index (χ1v) is 11.6. The molecule has 34 heavy (non-hydrogen) atoms. The molecule has 1 saturated carbocycles. The Labute approximate surface area is 195 Å². The minimum absolute atomic E-state index is 0.180. The zero-order chi connectivity index (χ0) is 23.4. The number of halogens is 3. The Hall–Kier alpha value is -3.47. The molecular weight excluding hydrogens is 467 g/mol. The molecule has 6 rings (SSSR count).